The Balaban J connectivity index is 1.28. The minimum Gasteiger partial charge on any atom is -0.324 e. The zero-order chi connectivity index (χ0) is 22.8. The number of hydrogen-bond donors (Lipinski definition) is 1. The number of amides is 1. The maximum Gasteiger partial charge on any atom is 0.267 e. The molecule has 3 aromatic heterocycles. The summed E-state index contributed by atoms with van der Waals surface area (Å²) in [6.45, 7) is 1.93. The number of benzene rings is 2. The van der Waals surface area contributed by atoms with Crippen molar-refractivity contribution >= 4 is 27.9 Å². The van der Waals surface area contributed by atoms with Crippen LogP contribution in [0.4, 0.5) is 5.69 Å². The topological polar surface area (TPSA) is 81.3 Å². The largest absolute Gasteiger partial charge is 0.324 e. The molecule has 0 aliphatic carbocycles. The summed E-state index contributed by atoms with van der Waals surface area (Å²) >= 11 is 1.58. The number of imidazole rings is 1. The number of carbonyl (C=O) groups excluding carboxylic acids is 1. The van der Waals surface area contributed by atoms with Crippen molar-refractivity contribution < 1.29 is 4.79 Å². The van der Waals surface area contributed by atoms with Gasteiger partial charge in [0.1, 0.15) is 6.54 Å². The van der Waals surface area contributed by atoms with Crippen LogP contribution in [0, 0.1) is 0 Å². The van der Waals surface area contributed by atoms with Gasteiger partial charge in [0.15, 0.2) is 4.96 Å². The zero-order valence-electron chi connectivity index (χ0n) is 17.9. The van der Waals surface area contributed by atoms with E-state index in [0.29, 0.717) is 11.4 Å². The number of fused-ring (bicyclic) bond motifs is 1. The first-order chi connectivity index (χ1) is 16.1. The number of nitrogens with zero attached hydrogens (tertiary/aromatic N) is 4. The Kier molecular flexibility index (Phi) is 5.58. The van der Waals surface area contributed by atoms with Gasteiger partial charge in [-0.2, -0.15) is 5.10 Å². The Hall–Kier alpha value is -4.04. The lowest BCUT2D eigenvalue weighted by atomic mass is 10.1. The van der Waals surface area contributed by atoms with Crippen molar-refractivity contribution in [3.63, 3.8) is 0 Å². The predicted octanol–water partition coefficient (Wildman–Crippen LogP) is 4.49. The molecule has 0 atom stereocenters. The highest BCUT2D eigenvalue weighted by Gasteiger charge is 2.10. The second-order valence-corrected chi connectivity index (χ2v) is 8.48. The maximum absolute atomic E-state index is 12.6. The highest BCUT2D eigenvalue weighted by atomic mass is 32.1. The number of carbonyl (C=O) groups is 1. The Bertz CT molecular complexity index is 1450. The molecule has 0 spiro atoms. The summed E-state index contributed by atoms with van der Waals surface area (Å²) in [6, 6.07) is 18.6. The minimum absolute atomic E-state index is 0.168. The van der Waals surface area contributed by atoms with Crippen molar-refractivity contribution in [1.29, 1.82) is 0 Å². The molecular weight excluding hydrogens is 434 g/mol. The average Bonchev–Trinajstić information content (AvgIpc) is 3.44. The SMILES string of the molecule is CCc1ccc(-c2ccc(=O)n(CC(=O)Nc3ccc(-c4cn5ccsc5n4)cc3)n2)cc1. The van der Waals surface area contributed by atoms with Crippen LogP contribution in [0.25, 0.3) is 27.5 Å². The van der Waals surface area contributed by atoms with Crippen molar-refractivity contribution in [2.45, 2.75) is 19.9 Å². The van der Waals surface area contributed by atoms with Crippen molar-refractivity contribution in [2.75, 3.05) is 5.32 Å². The first-order valence-corrected chi connectivity index (χ1v) is 11.5. The van der Waals surface area contributed by atoms with Gasteiger partial charge in [-0.1, -0.05) is 43.3 Å². The van der Waals surface area contributed by atoms with E-state index in [1.807, 2.05) is 70.7 Å². The van der Waals surface area contributed by atoms with E-state index in [1.165, 1.54) is 16.3 Å². The third kappa shape index (κ3) is 4.47. The normalized spacial score (nSPS) is 11.1. The predicted molar refractivity (Wildman–Crippen MR) is 130 cm³/mol. The summed E-state index contributed by atoms with van der Waals surface area (Å²) in [5.41, 5.74) is 4.93. The molecule has 1 amide bonds. The molecule has 8 heteroatoms. The van der Waals surface area contributed by atoms with Gasteiger partial charge in [0.2, 0.25) is 5.91 Å². The van der Waals surface area contributed by atoms with E-state index in [2.05, 4.69) is 22.3 Å². The molecule has 0 unspecified atom stereocenters. The second-order valence-electron chi connectivity index (χ2n) is 7.61. The van der Waals surface area contributed by atoms with E-state index in [4.69, 9.17) is 0 Å². The van der Waals surface area contributed by atoms with E-state index < -0.39 is 0 Å². The summed E-state index contributed by atoms with van der Waals surface area (Å²) < 4.78 is 3.16. The fraction of sp³-hybridized carbons (Fsp3) is 0.120. The zero-order valence-corrected chi connectivity index (χ0v) is 18.7. The Morgan fingerprint density at radius 3 is 2.42 bits per heavy atom. The maximum atomic E-state index is 12.6. The van der Waals surface area contributed by atoms with Crippen LogP contribution in [0.3, 0.4) is 0 Å². The molecule has 164 valence electrons. The van der Waals surface area contributed by atoms with Crippen LogP contribution < -0.4 is 10.9 Å². The van der Waals surface area contributed by atoms with Crippen LogP contribution in [-0.2, 0) is 17.8 Å². The van der Waals surface area contributed by atoms with Gasteiger partial charge in [-0.05, 0) is 30.2 Å². The van der Waals surface area contributed by atoms with Gasteiger partial charge in [-0.3, -0.25) is 14.0 Å². The van der Waals surface area contributed by atoms with Gasteiger partial charge in [-0.15, -0.1) is 11.3 Å². The standard InChI is InChI=1S/C25H21N5O2S/c1-2-17-3-5-18(6-4-17)21-11-12-24(32)30(28-21)16-23(31)26-20-9-7-19(8-10-20)22-15-29-13-14-33-25(29)27-22/h3-15H,2,16H2,1H3,(H,26,31). The number of aromatic nitrogens is 4. The van der Waals surface area contributed by atoms with Crippen LogP contribution >= 0.6 is 11.3 Å². The molecule has 5 rings (SSSR count). The summed E-state index contributed by atoms with van der Waals surface area (Å²) in [7, 11) is 0. The number of hydrogen-bond acceptors (Lipinski definition) is 5. The molecule has 0 radical (unpaired) electrons. The van der Waals surface area contributed by atoms with Crippen LogP contribution in [0.15, 0.2) is 83.2 Å². The number of thiazole rings is 1. The van der Waals surface area contributed by atoms with Crippen molar-refractivity contribution in [3.8, 4) is 22.5 Å². The average molecular weight is 456 g/mol. The quantitative estimate of drug-likeness (QED) is 0.409. The van der Waals surface area contributed by atoms with Crippen LogP contribution in [0.5, 0.6) is 0 Å². The third-order valence-electron chi connectivity index (χ3n) is 5.38. The van der Waals surface area contributed by atoms with E-state index in [0.717, 1.165) is 28.2 Å². The number of rotatable bonds is 6. The lowest BCUT2D eigenvalue weighted by Crippen LogP contribution is -2.29. The smallest absolute Gasteiger partial charge is 0.267 e. The van der Waals surface area contributed by atoms with E-state index in [1.54, 1.807) is 17.4 Å². The molecule has 0 bridgehead atoms. The Labute approximate surface area is 194 Å². The van der Waals surface area contributed by atoms with Crippen molar-refractivity contribution in [3.05, 3.63) is 94.4 Å². The molecule has 0 saturated carbocycles. The van der Waals surface area contributed by atoms with Crippen LogP contribution in [0.2, 0.25) is 0 Å². The fourth-order valence-corrected chi connectivity index (χ4v) is 4.25. The van der Waals surface area contributed by atoms with Gasteiger partial charge in [-0.25, -0.2) is 9.67 Å². The number of anilines is 1. The number of aryl methyl sites for hydroxylation is 1. The van der Waals surface area contributed by atoms with Gasteiger partial charge in [0, 0.05) is 40.7 Å². The fourth-order valence-electron chi connectivity index (χ4n) is 3.55. The minimum atomic E-state index is -0.325. The van der Waals surface area contributed by atoms with Gasteiger partial charge in [0.25, 0.3) is 5.56 Å². The molecule has 33 heavy (non-hydrogen) atoms. The van der Waals surface area contributed by atoms with Gasteiger partial charge < -0.3 is 5.32 Å². The summed E-state index contributed by atoms with van der Waals surface area (Å²) in [4.78, 5) is 30.4. The second kappa shape index (κ2) is 8.84. The molecule has 0 saturated heterocycles. The highest BCUT2D eigenvalue weighted by Crippen LogP contribution is 2.23. The highest BCUT2D eigenvalue weighted by molar-refractivity contribution is 7.15. The van der Waals surface area contributed by atoms with Crippen molar-refractivity contribution in [1.82, 2.24) is 19.2 Å². The number of nitrogens with one attached hydrogen (secondary N) is 1. The molecule has 7 nitrogen and oxygen atoms in total. The third-order valence-corrected chi connectivity index (χ3v) is 6.15. The van der Waals surface area contributed by atoms with E-state index in [-0.39, 0.29) is 18.0 Å². The lowest BCUT2D eigenvalue weighted by Gasteiger charge is -2.09. The molecule has 2 aromatic carbocycles. The molecule has 0 aliphatic rings. The van der Waals surface area contributed by atoms with Crippen LogP contribution in [0.1, 0.15) is 12.5 Å². The Morgan fingerprint density at radius 1 is 0.970 bits per heavy atom. The summed E-state index contributed by atoms with van der Waals surface area (Å²) in [5.74, 6) is -0.321. The van der Waals surface area contributed by atoms with Crippen LogP contribution in [-0.4, -0.2) is 25.1 Å². The Morgan fingerprint density at radius 2 is 1.70 bits per heavy atom. The molecular formula is C25H21N5O2S. The van der Waals surface area contributed by atoms with Gasteiger partial charge in [0.05, 0.1) is 11.4 Å². The first kappa shape index (κ1) is 20.8. The monoisotopic (exact) mass is 455 g/mol. The summed E-state index contributed by atoms with van der Waals surface area (Å²) in [6.07, 6.45) is 4.89. The van der Waals surface area contributed by atoms with E-state index in [9.17, 15) is 9.59 Å². The first-order valence-electron chi connectivity index (χ1n) is 10.6. The molecule has 1 N–H and O–H groups in total. The molecule has 0 fully saturated rings. The molecule has 0 aliphatic heterocycles. The molecule has 3 heterocycles. The van der Waals surface area contributed by atoms with Gasteiger partial charge >= 0.3 is 0 Å². The summed E-state index contributed by atoms with van der Waals surface area (Å²) in [5, 5.41) is 9.20. The molecule has 5 aromatic rings. The van der Waals surface area contributed by atoms with E-state index >= 15 is 0 Å². The van der Waals surface area contributed by atoms with Crippen molar-refractivity contribution in [2.24, 2.45) is 0 Å². The lowest BCUT2D eigenvalue weighted by molar-refractivity contribution is -0.117.